The molecule has 2 aromatic carbocycles. The number of phenolic OH excluding ortho intramolecular Hbond substituents is 1. The maximum Gasteiger partial charge on any atom is 0.259 e. The highest BCUT2D eigenvalue weighted by Crippen LogP contribution is 2.26. The quantitative estimate of drug-likeness (QED) is 0.539. The van der Waals surface area contributed by atoms with Crippen molar-refractivity contribution in [3.05, 3.63) is 53.6 Å². The Labute approximate surface area is 141 Å². The standard InChI is InChI=1S/C18H21N3O3/c1-3-24-17-10-14(8-9-16(17)22)11-20-21-18(23)12-19-15-7-5-4-6-13(15)2/h4-11,19,22H,3,12H2,1-2H3,(H,21,23). The molecule has 0 aliphatic carbocycles. The zero-order valence-electron chi connectivity index (χ0n) is 13.7. The molecule has 0 saturated carbocycles. The van der Waals surface area contributed by atoms with Gasteiger partial charge in [0.15, 0.2) is 11.5 Å². The van der Waals surface area contributed by atoms with Crippen molar-refractivity contribution in [2.75, 3.05) is 18.5 Å². The molecule has 0 heterocycles. The zero-order chi connectivity index (χ0) is 17.4. The van der Waals surface area contributed by atoms with Gasteiger partial charge in [-0.2, -0.15) is 5.10 Å². The summed E-state index contributed by atoms with van der Waals surface area (Å²) >= 11 is 0. The third kappa shape index (κ3) is 5.01. The predicted molar refractivity (Wildman–Crippen MR) is 94.7 cm³/mol. The SMILES string of the molecule is CCOc1cc(C=NNC(=O)CNc2ccccc2C)ccc1O. The van der Waals surface area contributed by atoms with Gasteiger partial charge in [-0.1, -0.05) is 18.2 Å². The zero-order valence-corrected chi connectivity index (χ0v) is 13.7. The highest BCUT2D eigenvalue weighted by molar-refractivity contribution is 5.84. The number of rotatable bonds is 7. The second-order valence-corrected chi connectivity index (χ2v) is 5.12. The van der Waals surface area contributed by atoms with E-state index in [0.717, 1.165) is 11.3 Å². The van der Waals surface area contributed by atoms with Crippen molar-refractivity contribution in [1.29, 1.82) is 0 Å². The Kier molecular flexibility index (Phi) is 6.19. The van der Waals surface area contributed by atoms with E-state index >= 15 is 0 Å². The van der Waals surface area contributed by atoms with E-state index in [1.165, 1.54) is 12.3 Å². The largest absolute Gasteiger partial charge is 0.504 e. The topological polar surface area (TPSA) is 83.0 Å². The van der Waals surface area contributed by atoms with Gasteiger partial charge in [0.2, 0.25) is 0 Å². The number of amides is 1. The molecule has 2 aromatic rings. The number of hydrogen-bond acceptors (Lipinski definition) is 5. The highest BCUT2D eigenvalue weighted by Gasteiger charge is 2.03. The van der Waals surface area contributed by atoms with Crippen LogP contribution >= 0.6 is 0 Å². The molecular formula is C18H21N3O3. The monoisotopic (exact) mass is 327 g/mol. The number of nitrogens with zero attached hydrogens (tertiary/aromatic N) is 1. The molecule has 0 aliphatic heterocycles. The average molecular weight is 327 g/mol. The molecule has 24 heavy (non-hydrogen) atoms. The Morgan fingerprint density at radius 1 is 1.29 bits per heavy atom. The van der Waals surface area contributed by atoms with Crippen molar-refractivity contribution in [2.45, 2.75) is 13.8 Å². The minimum absolute atomic E-state index is 0.0699. The van der Waals surface area contributed by atoms with Crippen LogP contribution in [0.1, 0.15) is 18.1 Å². The molecule has 0 aromatic heterocycles. The molecule has 0 unspecified atom stereocenters. The van der Waals surface area contributed by atoms with Crippen molar-refractivity contribution in [1.82, 2.24) is 5.43 Å². The van der Waals surface area contributed by atoms with Gasteiger partial charge in [-0.05, 0) is 49.2 Å². The van der Waals surface area contributed by atoms with Crippen molar-refractivity contribution in [2.24, 2.45) is 5.10 Å². The van der Waals surface area contributed by atoms with Crippen LogP contribution in [0.3, 0.4) is 0 Å². The van der Waals surface area contributed by atoms with Gasteiger partial charge in [-0.25, -0.2) is 5.43 Å². The number of nitrogens with one attached hydrogen (secondary N) is 2. The smallest absolute Gasteiger partial charge is 0.259 e. The van der Waals surface area contributed by atoms with Crippen LogP contribution in [0.4, 0.5) is 5.69 Å². The van der Waals surface area contributed by atoms with E-state index < -0.39 is 0 Å². The number of para-hydroxylation sites is 1. The first-order valence-corrected chi connectivity index (χ1v) is 7.67. The Morgan fingerprint density at radius 2 is 2.08 bits per heavy atom. The van der Waals surface area contributed by atoms with Crippen molar-refractivity contribution in [3.8, 4) is 11.5 Å². The minimum atomic E-state index is -0.252. The summed E-state index contributed by atoms with van der Waals surface area (Å²) in [6.45, 7) is 4.39. The molecule has 0 fully saturated rings. The molecular weight excluding hydrogens is 306 g/mol. The molecule has 3 N–H and O–H groups in total. The summed E-state index contributed by atoms with van der Waals surface area (Å²) in [4.78, 5) is 11.8. The number of benzene rings is 2. The molecule has 126 valence electrons. The molecule has 0 radical (unpaired) electrons. The van der Waals surface area contributed by atoms with Crippen molar-refractivity contribution < 1.29 is 14.6 Å². The van der Waals surface area contributed by atoms with Gasteiger partial charge in [0.1, 0.15) is 0 Å². The normalized spacial score (nSPS) is 10.6. The predicted octanol–water partition coefficient (Wildman–Crippen LogP) is 2.66. The van der Waals surface area contributed by atoms with E-state index in [-0.39, 0.29) is 18.2 Å². The van der Waals surface area contributed by atoms with Gasteiger partial charge in [0.25, 0.3) is 5.91 Å². The summed E-state index contributed by atoms with van der Waals surface area (Å²) in [7, 11) is 0. The maximum absolute atomic E-state index is 11.8. The number of hydrogen-bond donors (Lipinski definition) is 3. The molecule has 1 amide bonds. The number of phenols is 1. The van der Waals surface area contributed by atoms with Gasteiger partial charge in [-0.15, -0.1) is 0 Å². The van der Waals surface area contributed by atoms with Crippen LogP contribution in [0.2, 0.25) is 0 Å². The van der Waals surface area contributed by atoms with E-state index in [1.54, 1.807) is 12.1 Å². The summed E-state index contributed by atoms with van der Waals surface area (Å²) < 4.78 is 5.29. The number of aromatic hydroxyl groups is 1. The Morgan fingerprint density at radius 3 is 2.83 bits per heavy atom. The fraction of sp³-hybridized carbons (Fsp3) is 0.222. The number of carbonyl (C=O) groups excluding carboxylic acids is 1. The molecule has 2 rings (SSSR count). The summed E-state index contributed by atoms with van der Waals surface area (Å²) in [5, 5.41) is 16.6. The van der Waals surface area contributed by atoms with Crippen LogP contribution in [0.5, 0.6) is 11.5 Å². The van der Waals surface area contributed by atoms with Gasteiger partial charge in [0.05, 0.1) is 19.4 Å². The summed E-state index contributed by atoms with van der Waals surface area (Å²) in [5.74, 6) is 0.202. The van der Waals surface area contributed by atoms with Gasteiger partial charge in [-0.3, -0.25) is 4.79 Å². The lowest BCUT2D eigenvalue weighted by Crippen LogP contribution is -2.26. The lowest BCUT2D eigenvalue weighted by Gasteiger charge is -2.08. The average Bonchev–Trinajstić information content (AvgIpc) is 2.57. The molecule has 0 aliphatic rings. The fourth-order valence-electron chi connectivity index (χ4n) is 2.05. The van der Waals surface area contributed by atoms with Gasteiger partial charge >= 0.3 is 0 Å². The molecule has 0 bridgehead atoms. The lowest BCUT2D eigenvalue weighted by molar-refractivity contribution is -0.119. The van der Waals surface area contributed by atoms with E-state index in [9.17, 15) is 9.90 Å². The first-order chi connectivity index (χ1) is 11.6. The number of carbonyl (C=O) groups is 1. The second kappa shape index (κ2) is 8.57. The van der Waals surface area contributed by atoms with E-state index in [4.69, 9.17) is 4.74 Å². The lowest BCUT2D eigenvalue weighted by atomic mass is 10.2. The van der Waals surface area contributed by atoms with E-state index in [1.807, 2.05) is 38.1 Å². The number of anilines is 1. The van der Waals surface area contributed by atoms with E-state index in [2.05, 4.69) is 15.8 Å². The van der Waals surface area contributed by atoms with Crippen molar-refractivity contribution >= 4 is 17.8 Å². The Balaban J connectivity index is 1.86. The Hall–Kier alpha value is -3.02. The molecule has 6 heteroatoms. The fourth-order valence-corrected chi connectivity index (χ4v) is 2.05. The van der Waals surface area contributed by atoms with Crippen LogP contribution in [-0.4, -0.2) is 30.4 Å². The molecule has 0 saturated heterocycles. The van der Waals surface area contributed by atoms with E-state index in [0.29, 0.717) is 17.9 Å². The van der Waals surface area contributed by atoms with Crippen molar-refractivity contribution in [3.63, 3.8) is 0 Å². The second-order valence-electron chi connectivity index (χ2n) is 5.12. The first-order valence-electron chi connectivity index (χ1n) is 7.67. The van der Waals surface area contributed by atoms with Gasteiger partial charge in [0, 0.05) is 5.69 Å². The number of ether oxygens (including phenoxy) is 1. The molecule has 0 spiro atoms. The maximum atomic E-state index is 11.8. The van der Waals surface area contributed by atoms with Gasteiger partial charge < -0.3 is 15.2 Å². The molecule has 0 atom stereocenters. The minimum Gasteiger partial charge on any atom is -0.504 e. The summed E-state index contributed by atoms with van der Waals surface area (Å²) in [6.07, 6.45) is 1.49. The summed E-state index contributed by atoms with van der Waals surface area (Å²) in [5.41, 5.74) is 5.15. The third-order valence-corrected chi connectivity index (χ3v) is 3.27. The highest BCUT2D eigenvalue weighted by atomic mass is 16.5. The summed E-state index contributed by atoms with van der Waals surface area (Å²) in [6, 6.07) is 12.6. The van der Waals surface area contributed by atoms with Crippen LogP contribution in [0, 0.1) is 6.92 Å². The van der Waals surface area contributed by atoms with Crippen LogP contribution < -0.4 is 15.5 Å². The Bertz CT molecular complexity index is 729. The third-order valence-electron chi connectivity index (χ3n) is 3.27. The molecule has 6 nitrogen and oxygen atoms in total. The first kappa shape index (κ1) is 17.3. The number of aryl methyl sites for hydroxylation is 1. The van der Waals surface area contributed by atoms with Crippen LogP contribution in [0.25, 0.3) is 0 Å². The van der Waals surface area contributed by atoms with Crippen LogP contribution in [0.15, 0.2) is 47.6 Å². The number of hydrazone groups is 1. The van der Waals surface area contributed by atoms with Crippen LogP contribution in [-0.2, 0) is 4.79 Å².